The molecule has 0 aliphatic carbocycles. The van der Waals surface area contributed by atoms with Gasteiger partial charge >= 0.3 is 0 Å². The van der Waals surface area contributed by atoms with Crippen LogP contribution in [0.1, 0.15) is 15.9 Å². The van der Waals surface area contributed by atoms with Crippen LogP contribution in [-0.2, 0) is 6.54 Å². The summed E-state index contributed by atoms with van der Waals surface area (Å²) in [6.45, 7) is 0.283. The highest BCUT2D eigenvalue weighted by Gasteiger charge is 2.10. The first-order valence-corrected chi connectivity index (χ1v) is 8.20. The molecule has 3 rings (SSSR count). The molecule has 0 aliphatic heterocycles. The maximum absolute atomic E-state index is 12.4. The highest BCUT2D eigenvalue weighted by molar-refractivity contribution is 7.13. The van der Waals surface area contributed by atoms with E-state index in [0.717, 1.165) is 16.9 Å². The monoisotopic (exact) mass is 353 g/mol. The topological polar surface area (TPSA) is 123 Å². The smallest absolute Gasteiger partial charge is 0.257 e. The Hall–Kier alpha value is -3.26. The molecule has 5 N–H and O–H groups in total. The van der Waals surface area contributed by atoms with Crippen molar-refractivity contribution in [3.05, 3.63) is 69.2 Å². The van der Waals surface area contributed by atoms with Crippen LogP contribution in [0.5, 0.6) is 0 Å². The summed E-state index contributed by atoms with van der Waals surface area (Å²) in [7, 11) is 0. The first-order chi connectivity index (χ1) is 12.0. The molecule has 7 nitrogen and oxygen atoms in total. The molecular weight excluding hydrogens is 338 g/mol. The largest absolute Gasteiger partial charge is 0.370 e. The van der Waals surface area contributed by atoms with E-state index in [1.807, 2.05) is 6.07 Å². The molecule has 25 heavy (non-hydrogen) atoms. The fraction of sp³-hybridized carbons (Fsp3) is 0.0588. The van der Waals surface area contributed by atoms with Crippen LogP contribution in [0, 0.1) is 0 Å². The van der Waals surface area contributed by atoms with Crippen LogP contribution in [0.25, 0.3) is 10.9 Å². The summed E-state index contributed by atoms with van der Waals surface area (Å²) >= 11 is 0.895. The molecule has 126 valence electrons. The summed E-state index contributed by atoms with van der Waals surface area (Å²) in [6, 6.07) is 13.9. The standard InChI is InChI=1S/C17H15N5O2S/c18-16(19)20-9-10-4-3-5-11(8-10)14(23)22-17-21-13-7-2-1-6-12(13)15(24)25-17/h1-8H,9H2,(H4,18,19,20)(H,21,22,23). The summed E-state index contributed by atoms with van der Waals surface area (Å²) in [5.41, 5.74) is 12.4. The predicted octanol–water partition coefficient (Wildman–Crippen LogP) is 1.68. The maximum Gasteiger partial charge on any atom is 0.257 e. The van der Waals surface area contributed by atoms with Crippen molar-refractivity contribution in [2.45, 2.75) is 6.54 Å². The zero-order chi connectivity index (χ0) is 17.8. The second-order valence-corrected chi connectivity index (χ2v) is 6.18. The number of amides is 1. The van der Waals surface area contributed by atoms with E-state index < -0.39 is 0 Å². The first-order valence-electron chi connectivity index (χ1n) is 7.38. The van der Waals surface area contributed by atoms with Gasteiger partial charge in [-0.25, -0.2) is 9.98 Å². The van der Waals surface area contributed by atoms with Gasteiger partial charge in [0, 0.05) is 5.56 Å². The molecular formula is C17H15N5O2S. The predicted molar refractivity (Wildman–Crippen MR) is 99.8 cm³/mol. The number of rotatable bonds is 4. The Morgan fingerprint density at radius 2 is 1.96 bits per heavy atom. The molecule has 0 saturated carbocycles. The molecule has 0 radical (unpaired) electrons. The number of benzene rings is 2. The van der Waals surface area contributed by atoms with Gasteiger partial charge in [0.2, 0.25) is 4.74 Å². The lowest BCUT2D eigenvalue weighted by Gasteiger charge is -2.06. The van der Waals surface area contributed by atoms with Gasteiger partial charge in [-0.05, 0) is 29.8 Å². The number of carbonyl (C=O) groups is 1. The van der Waals surface area contributed by atoms with E-state index >= 15 is 0 Å². The minimum Gasteiger partial charge on any atom is -0.370 e. The van der Waals surface area contributed by atoms with Crippen molar-refractivity contribution in [2.75, 3.05) is 5.32 Å². The number of carbonyl (C=O) groups excluding carboxylic acids is 1. The minimum absolute atomic E-state index is 0.0139. The normalized spacial score (nSPS) is 10.4. The third-order valence-electron chi connectivity index (χ3n) is 3.39. The number of para-hydroxylation sites is 1. The summed E-state index contributed by atoms with van der Waals surface area (Å²) in [6.07, 6.45) is 0. The molecule has 0 spiro atoms. The zero-order valence-corrected chi connectivity index (χ0v) is 13.9. The molecule has 1 aromatic heterocycles. The van der Waals surface area contributed by atoms with Crippen LogP contribution >= 0.6 is 11.3 Å². The van der Waals surface area contributed by atoms with Gasteiger partial charge in [0.1, 0.15) is 0 Å². The summed E-state index contributed by atoms with van der Waals surface area (Å²) < 4.78 is -0.151. The molecule has 0 aliphatic rings. The van der Waals surface area contributed by atoms with E-state index in [0.29, 0.717) is 16.5 Å². The molecule has 0 unspecified atom stereocenters. The molecule has 1 amide bonds. The van der Waals surface area contributed by atoms with Crippen LogP contribution in [0.2, 0.25) is 0 Å². The minimum atomic E-state index is -0.356. The van der Waals surface area contributed by atoms with E-state index in [1.54, 1.807) is 42.5 Å². The van der Waals surface area contributed by atoms with E-state index in [-0.39, 0.29) is 28.3 Å². The van der Waals surface area contributed by atoms with E-state index in [9.17, 15) is 9.59 Å². The molecule has 3 aromatic rings. The number of nitrogens with two attached hydrogens (primary N) is 2. The van der Waals surface area contributed by atoms with Gasteiger partial charge in [0.05, 0.1) is 17.4 Å². The molecule has 0 atom stereocenters. The SMILES string of the molecule is NC(N)=NCc1cccc(C(=O)Nc2nc3ccccc3c(=O)s2)c1. The average molecular weight is 353 g/mol. The number of aliphatic imine (C=N–C) groups is 1. The van der Waals surface area contributed by atoms with Gasteiger partial charge in [-0.15, -0.1) is 0 Å². The molecule has 2 aromatic carbocycles. The van der Waals surface area contributed by atoms with E-state index in [1.165, 1.54) is 0 Å². The number of fused-ring (bicyclic) bond motifs is 1. The first kappa shape index (κ1) is 16.6. The Morgan fingerprint density at radius 1 is 1.16 bits per heavy atom. The van der Waals surface area contributed by atoms with Crippen molar-refractivity contribution in [2.24, 2.45) is 16.5 Å². The lowest BCUT2D eigenvalue weighted by atomic mass is 10.1. The summed E-state index contributed by atoms with van der Waals surface area (Å²) in [5.74, 6) is -0.370. The van der Waals surface area contributed by atoms with Crippen molar-refractivity contribution < 1.29 is 4.79 Å². The van der Waals surface area contributed by atoms with Crippen LogP contribution in [0.3, 0.4) is 0 Å². The zero-order valence-electron chi connectivity index (χ0n) is 13.1. The highest BCUT2D eigenvalue weighted by atomic mass is 32.1. The van der Waals surface area contributed by atoms with Crippen molar-refractivity contribution in [3.8, 4) is 0 Å². The van der Waals surface area contributed by atoms with Crippen LogP contribution in [0.4, 0.5) is 5.13 Å². The highest BCUT2D eigenvalue weighted by Crippen LogP contribution is 2.16. The fourth-order valence-corrected chi connectivity index (χ4v) is 2.98. The quantitative estimate of drug-likeness (QED) is 0.486. The number of anilines is 1. The van der Waals surface area contributed by atoms with Crippen LogP contribution in [-0.4, -0.2) is 16.9 Å². The Labute approximate surface area is 147 Å². The number of nitrogens with one attached hydrogen (secondary N) is 1. The van der Waals surface area contributed by atoms with Crippen LogP contribution < -0.4 is 21.5 Å². The second kappa shape index (κ2) is 7.10. The van der Waals surface area contributed by atoms with Gasteiger partial charge in [-0.2, -0.15) is 0 Å². The lowest BCUT2D eigenvalue weighted by Crippen LogP contribution is -2.22. The summed E-state index contributed by atoms with van der Waals surface area (Å²) in [4.78, 5) is 32.8. The van der Waals surface area contributed by atoms with Gasteiger partial charge < -0.3 is 11.5 Å². The Bertz CT molecular complexity index is 1020. The lowest BCUT2D eigenvalue weighted by molar-refractivity contribution is 0.102. The molecule has 8 heteroatoms. The van der Waals surface area contributed by atoms with Crippen molar-refractivity contribution in [3.63, 3.8) is 0 Å². The van der Waals surface area contributed by atoms with Crippen LogP contribution in [0.15, 0.2) is 58.3 Å². The number of nitrogens with zero attached hydrogens (tertiary/aromatic N) is 2. The molecule has 0 bridgehead atoms. The Morgan fingerprint density at radius 3 is 2.76 bits per heavy atom. The average Bonchev–Trinajstić information content (AvgIpc) is 2.60. The molecule has 0 fully saturated rings. The molecule has 0 saturated heterocycles. The van der Waals surface area contributed by atoms with Crippen molar-refractivity contribution in [1.82, 2.24) is 4.98 Å². The number of guanidine groups is 1. The van der Waals surface area contributed by atoms with Crippen molar-refractivity contribution in [1.29, 1.82) is 0 Å². The fourth-order valence-electron chi connectivity index (χ4n) is 2.24. The number of hydrogen-bond acceptors (Lipinski definition) is 5. The van der Waals surface area contributed by atoms with Gasteiger partial charge in [-0.3, -0.25) is 14.9 Å². The number of hydrogen-bond donors (Lipinski definition) is 3. The van der Waals surface area contributed by atoms with Gasteiger partial charge in [-0.1, -0.05) is 35.6 Å². The van der Waals surface area contributed by atoms with E-state index in [4.69, 9.17) is 11.5 Å². The van der Waals surface area contributed by atoms with Gasteiger partial charge in [0.25, 0.3) is 5.91 Å². The Kier molecular flexibility index (Phi) is 4.71. The van der Waals surface area contributed by atoms with E-state index in [2.05, 4.69) is 15.3 Å². The summed E-state index contributed by atoms with van der Waals surface area (Å²) in [5, 5.41) is 3.45. The second-order valence-electron chi connectivity index (χ2n) is 5.22. The third kappa shape index (κ3) is 3.99. The number of aromatic nitrogens is 1. The Balaban J connectivity index is 1.84. The van der Waals surface area contributed by atoms with Gasteiger partial charge in [0.15, 0.2) is 11.1 Å². The maximum atomic E-state index is 12.4. The van der Waals surface area contributed by atoms with Crippen molar-refractivity contribution >= 4 is 39.2 Å². The third-order valence-corrected chi connectivity index (χ3v) is 4.18. The molecule has 1 heterocycles.